The fraction of sp³-hybridized carbons (Fsp3) is 0.400. The quantitative estimate of drug-likeness (QED) is 0.491. The largest absolute Gasteiger partial charge is 0.273 e. The number of thioether (sulfide) groups is 1. The first-order chi connectivity index (χ1) is 4.88. The predicted octanol–water partition coefficient (Wildman–Crippen LogP) is -0.0828. The third-order valence-electron chi connectivity index (χ3n) is 1.33. The van der Waals surface area contributed by atoms with Gasteiger partial charge < -0.3 is 0 Å². The Hall–Kier alpha value is -0.840. The zero-order valence-corrected chi connectivity index (χ0v) is 5.97. The standard InChI is InChI=1S/C5H5N3OS/c9-4-1-10-5-7-2-6-3-8(4)5/h2H,1,3H2. The van der Waals surface area contributed by atoms with Gasteiger partial charge in [0.1, 0.15) is 13.0 Å². The van der Waals surface area contributed by atoms with Gasteiger partial charge >= 0.3 is 0 Å². The van der Waals surface area contributed by atoms with Crippen LogP contribution in [0.4, 0.5) is 0 Å². The second kappa shape index (κ2) is 2.09. The summed E-state index contributed by atoms with van der Waals surface area (Å²) in [5.74, 6) is 0.628. The predicted molar refractivity (Wildman–Crippen MR) is 40.1 cm³/mol. The van der Waals surface area contributed by atoms with Crippen LogP contribution in [0, 0.1) is 0 Å². The van der Waals surface area contributed by atoms with Crippen molar-refractivity contribution < 1.29 is 4.79 Å². The van der Waals surface area contributed by atoms with E-state index in [0.29, 0.717) is 12.4 Å². The minimum atomic E-state index is 0.112. The molecule has 10 heavy (non-hydrogen) atoms. The van der Waals surface area contributed by atoms with E-state index in [0.717, 1.165) is 5.17 Å². The molecule has 1 saturated heterocycles. The number of fused-ring (bicyclic) bond motifs is 1. The van der Waals surface area contributed by atoms with E-state index in [9.17, 15) is 4.79 Å². The van der Waals surface area contributed by atoms with E-state index in [1.807, 2.05) is 0 Å². The van der Waals surface area contributed by atoms with E-state index >= 15 is 0 Å². The van der Waals surface area contributed by atoms with Crippen LogP contribution in [0.5, 0.6) is 0 Å². The Balaban J connectivity index is 2.31. The summed E-state index contributed by atoms with van der Waals surface area (Å²) >= 11 is 1.47. The van der Waals surface area contributed by atoms with E-state index in [1.165, 1.54) is 18.1 Å². The molecule has 2 aliphatic rings. The maximum absolute atomic E-state index is 11.0. The van der Waals surface area contributed by atoms with Crippen LogP contribution in [0.15, 0.2) is 9.98 Å². The van der Waals surface area contributed by atoms with E-state index in [4.69, 9.17) is 0 Å². The summed E-state index contributed by atoms with van der Waals surface area (Å²) in [5.41, 5.74) is 0. The number of nitrogens with zero attached hydrogens (tertiary/aromatic N) is 3. The Labute approximate surface area is 62.0 Å². The average Bonchev–Trinajstić information content (AvgIpc) is 2.34. The topological polar surface area (TPSA) is 45.0 Å². The molecule has 1 fully saturated rings. The van der Waals surface area contributed by atoms with Crippen molar-refractivity contribution in [2.24, 2.45) is 9.98 Å². The lowest BCUT2D eigenvalue weighted by molar-refractivity contribution is -0.124. The molecule has 0 aromatic carbocycles. The molecule has 0 unspecified atom stereocenters. The summed E-state index contributed by atoms with van der Waals surface area (Å²) in [6.07, 6.45) is 1.50. The molecule has 52 valence electrons. The van der Waals surface area contributed by atoms with Crippen LogP contribution < -0.4 is 0 Å². The number of carbonyl (C=O) groups is 1. The number of aliphatic imine (C=N–C) groups is 2. The van der Waals surface area contributed by atoms with Crippen molar-refractivity contribution in [1.29, 1.82) is 0 Å². The van der Waals surface area contributed by atoms with Gasteiger partial charge in [0.05, 0.1) is 5.75 Å². The maximum Gasteiger partial charge on any atom is 0.240 e. The Bertz CT molecular complexity index is 235. The number of hydrogen-bond acceptors (Lipinski definition) is 4. The summed E-state index contributed by atoms with van der Waals surface area (Å²) < 4.78 is 0. The summed E-state index contributed by atoms with van der Waals surface area (Å²) in [7, 11) is 0. The molecular formula is C5H5N3OS. The zero-order chi connectivity index (χ0) is 6.97. The normalized spacial score (nSPS) is 23.0. The minimum Gasteiger partial charge on any atom is -0.273 e. The Kier molecular flexibility index (Phi) is 1.23. The minimum absolute atomic E-state index is 0.112. The van der Waals surface area contributed by atoms with Crippen molar-refractivity contribution >= 4 is 29.2 Å². The first kappa shape index (κ1) is 5.91. The SMILES string of the molecule is O=C1CSC2=NC=NCN12. The zero-order valence-electron chi connectivity index (χ0n) is 5.15. The molecule has 0 saturated carbocycles. The van der Waals surface area contributed by atoms with Crippen LogP contribution in [-0.4, -0.2) is 34.7 Å². The maximum atomic E-state index is 11.0. The van der Waals surface area contributed by atoms with E-state index in [1.54, 1.807) is 4.90 Å². The van der Waals surface area contributed by atoms with Gasteiger partial charge in [-0.3, -0.25) is 14.7 Å². The van der Waals surface area contributed by atoms with Crippen molar-refractivity contribution in [2.45, 2.75) is 0 Å². The molecule has 2 heterocycles. The van der Waals surface area contributed by atoms with Crippen LogP contribution >= 0.6 is 11.8 Å². The third-order valence-corrected chi connectivity index (χ3v) is 2.30. The first-order valence-corrected chi connectivity index (χ1v) is 3.86. The van der Waals surface area contributed by atoms with Crippen LogP contribution in [-0.2, 0) is 4.79 Å². The van der Waals surface area contributed by atoms with Gasteiger partial charge in [-0.2, -0.15) is 0 Å². The van der Waals surface area contributed by atoms with Crippen molar-refractivity contribution in [3.8, 4) is 0 Å². The van der Waals surface area contributed by atoms with Crippen LogP contribution in [0.2, 0.25) is 0 Å². The number of carbonyl (C=O) groups excluding carboxylic acids is 1. The van der Waals surface area contributed by atoms with Crippen molar-refractivity contribution in [2.75, 3.05) is 12.4 Å². The lowest BCUT2D eigenvalue weighted by Gasteiger charge is -2.13. The molecule has 0 aromatic heterocycles. The number of amides is 1. The summed E-state index contributed by atoms with van der Waals surface area (Å²) in [5, 5.41) is 0.792. The van der Waals surface area contributed by atoms with E-state index in [-0.39, 0.29) is 5.91 Å². The van der Waals surface area contributed by atoms with Crippen LogP contribution in [0.1, 0.15) is 0 Å². The number of amidine groups is 1. The highest BCUT2D eigenvalue weighted by Gasteiger charge is 2.28. The van der Waals surface area contributed by atoms with E-state index < -0.39 is 0 Å². The number of hydrogen-bond donors (Lipinski definition) is 0. The van der Waals surface area contributed by atoms with Gasteiger partial charge in [-0.1, -0.05) is 11.8 Å². The second-order valence-corrected chi connectivity index (χ2v) is 2.90. The molecule has 0 aromatic rings. The molecule has 0 bridgehead atoms. The Morgan fingerprint density at radius 2 is 2.60 bits per heavy atom. The van der Waals surface area contributed by atoms with Crippen molar-refractivity contribution in [1.82, 2.24) is 4.90 Å². The molecule has 0 radical (unpaired) electrons. The molecular weight excluding hydrogens is 150 g/mol. The molecule has 2 rings (SSSR count). The van der Waals surface area contributed by atoms with Gasteiger partial charge in [0.2, 0.25) is 5.91 Å². The molecule has 0 N–H and O–H groups in total. The van der Waals surface area contributed by atoms with Crippen molar-refractivity contribution in [3.05, 3.63) is 0 Å². The van der Waals surface area contributed by atoms with Crippen LogP contribution in [0.3, 0.4) is 0 Å². The van der Waals surface area contributed by atoms with Gasteiger partial charge in [0.15, 0.2) is 5.17 Å². The Morgan fingerprint density at radius 3 is 3.40 bits per heavy atom. The highest BCUT2D eigenvalue weighted by molar-refractivity contribution is 8.15. The fourth-order valence-corrected chi connectivity index (χ4v) is 1.69. The van der Waals surface area contributed by atoms with Gasteiger partial charge in [-0.25, -0.2) is 4.99 Å². The van der Waals surface area contributed by atoms with Gasteiger partial charge in [-0.15, -0.1) is 0 Å². The van der Waals surface area contributed by atoms with Crippen LogP contribution in [0.25, 0.3) is 0 Å². The lowest BCUT2D eigenvalue weighted by atomic mass is 10.6. The summed E-state index contributed by atoms with van der Waals surface area (Å²) in [6.45, 7) is 0.449. The molecule has 1 amide bonds. The second-order valence-electron chi connectivity index (χ2n) is 1.96. The summed E-state index contributed by atoms with van der Waals surface area (Å²) in [6, 6.07) is 0. The molecule has 0 atom stereocenters. The van der Waals surface area contributed by atoms with Gasteiger partial charge in [0, 0.05) is 0 Å². The van der Waals surface area contributed by atoms with Gasteiger partial charge in [0.25, 0.3) is 0 Å². The third kappa shape index (κ3) is 0.740. The van der Waals surface area contributed by atoms with E-state index in [2.05, 4.69) is 9.98 Å². The fourth-order valence-electron chi connectivity index (χ4n) is 0.843. The van der Waals surface area contributed by atoms with Gasteiger partial charge in [-0.05, 0) is 0 Å². The molecule has 5 heteroatoms. The monoisotopic (exact) mass is 155 g/mol. The highest BCUT2D eigenvalue weighted by atomic mass is 32.2. The molecule has 0 aliphatic carbocycles. The Morgan fingerprint density at radius 1 is 1.70 bits per heavy atom. The highest BCUT2D eigenvalue weighted by Crippen LogP contribution is 2.19. The average molecular weight is 155 g/mol. The van der Waals surface area contributed by atoms with Crippen molar-refractivity contribution in [3.63, 3.8) is 0 Å². The first-order valence-electron chi connectivity index (χ1n) is 2.87. The number of rotatable bonds is 0. The smallest absolute Gasteiger partial charge is 0.240 e. The molecule has 0 spiro atoms. The lowest BCUT2D eigenvalue weighted by Crippen LogP contribution is -2.31. The summed E-state index contributed by atoms with van der Waals surface area (Å²) in [4.78, 5) is 20.3. The molecule has 2 aliphatic heterocycles. The molecule has 4 nitrogen and oxygen atoms in total.